The van der Waals surface area contributed by atoms with Crippen molar-refractivity contribution < 1.29 is 29.0 Å². The molecule has 23 heavy (non-hydrogen) atoms. The van der Waals surface area contributed by atoms with Crippen LogP contribution >= 0.6 is 0 Å². The van der Waals surface area contributed by atoms with E-state index in [-0.39, 0.29) is 4.68 Å². The van der Waals surface area contributed by atoms with Crippen LogP contribution in [0.1, 0.15) is 6.23 Å². The van der Waals surface area contributed by atoms with Gasteiger partial charge in [0.1, 0.15) is 18.3 Å². The van der Waals surface area contributed by atoms with Crippen molar-refractivity contribution in [2.45, 2.75) is 24.5 Å². The van der Waals surface area contributed by atoms with Crippen LogP contribution in [-0.4, -0.2) is 66.5 Å². The molecule has 0 spiro atoms. The van der Waals surface area contributed by atoms with Gasteiger partial charge in [-0.25, -0.2) is 4.79 Å². The van der Waals surface area contributed by atoms with Gasteiger partial charge in [0.25, 0.3) is 0 Å². The third-order valence-corrected chi connectivity index (χ3v) is 3.68. The first kappa shape index (κ1) is 17.9. The largest absolute Gasteiger partial charge is 0.630 e. The Kier molecular flexibility index (Phi) is 4.84. The number of aliphatic hydroxyl groups is 3. The Labute approximate surface area is 130 Å². The topological polar surface area (TPSA) is 149 Å². The first-order valence-electron chi connectivity index (χ1n) is 6.40. The highest BCUT2D eigenvalue weighted by atomic mass is 32.3. The first-order chi connectivity index (χ1) is 10.6. The van der Waals surface area contributed by atoms with Crippen molar-refractivity contribution in [2.75, 3.05) is 19.1 Å². The molecule has 3 N–H and O–H groups in total. The molecule has 1 saturated heterocycles. The average molecular weight is 353 g/mol. The van der Waals surface area contributed by atoms with E-state index in [1.807, 2.05) is 0 Å². The van der Waals surface area contributed by atoms with Crippen molar-refractivity contribution >= 4 is 10.1 Å². The van der Waals surface area contributed by atoms with Crippen LogP contribution in [-0.2, 0) is 14.8 Å². The Balaban J connectivity index is 2.63. The Morgan fingerprint density at radius 3 is 2.48 bits per heavy atom. The molecule has 0 amide bonds. The fourth-order valence-electron chi connectivity index (χ4n) is 2.09. The van der Waals surface area contributed by atoms with E-state index < -0.39 is 58.3 Å². The van der Waals surface area contributed by atoms with Crippen LogP contribution in [0.4, 0.5) is 4.39 Å². The van der Waals surface area contributed by atoms with E-state index in [1.54, 1.807) is 0 Å². The van der Waals surface area contributed by atoms with Gasteiger partial charge in [0.2, 0.25) is 5.82 Å². The molecule has 1 fully saturated rings. The van der Waals surface area contributed by atoms with Crippen LogP contribution in [0.5, 0.6) is 0 Å². The molecule has 0 unspecified atom stereocenters. The van der Waals surface area contributed by atoms with Crippen LogP contribution in [0.3, 0.4) is 0 Å². The molecule has 0 aromatic carbocycles. The number of hydrogen-bond acceptors (Lipinski definition) is 8. The van der Waals surface area contributed by atoms with E-state index in [0.717, 1.165) is 12.5 Å². The van der Waals surface area contributed by atoms with E-state index in [9.17, 15) is 28.7 Å². The van der Waals surface area contributed by atoms with Gasteiger partial charge in [-0.15, -0.1) is 4.68 Å². The van der Waals surface area contributed by atoms with Gasteiger partial charge >= 0.3 is 11.2 Å². The molecule has 0 saturated carbocycles. The van der Waals surface area contributed by atoms with Crippen molar-refractivity contribution in [2.24, 2.45) is 4.47 Å². The van der Waals surface area contributed by atoms with E-state index in [1.165, 1.54) is 0 Å². The van der Waals surface area contributed by atoms with Crippen molar-refractivity contribution in [1.29, 1.82) is 0 Å². The maximum atomic E-state index is 13.8. The highest BCUT2D eigenvalue weighted by Gasteiger charge is 2.44. The van der Waals surface area contributed by atoms with Crippen molar-refractivity contribution in [1.82, 2.24) is 9.24 Å². The number of hydrogen-bond donors (Lipinski definition) is 3. The third kappa shape index (κ3) is 3.41. The monoisotopic (exact) mass is 353 g/mol. The number of rotatable bonds is 3. The number of halogens is 1. The van der Waals surface area contributed by atoms with Gasteiger partial charge in [-0.2, -0.15) is 4.39 Å². The third-order valence-electron chi connectivity index (χ3n) is 3.12. The molecule has 0 radical (unpaired) electrons. The SMILES string of the molecule is C[S+](C)([O-])=Nn1c(=O)c(F)cn([C@@H]2O[C@H](CO)[C@@H](O)[C@H]2O)c1=O. The minimum Gasteiger partial charge on any atom is -0.630 e. The first-order valence-corrected chi connectivity index (χ1v) is 8.73. The summed E-state index contributed by atoms with van der Waals surface area (Å²) in [5.41, 5.74) is -2.61. The maximum absolute atomic E-state index is 13.8. The summed E-state index contributed by atoms with van der Waals surface area (Å²) in [6.07, 6.45) is -3.13. The Morgan fingerprint density at radius 2 is 2.00 bits per heavy atom. The molecule has 1 aliphatic rings. The van der Waals surface area contributed by atoms with Gasteiger partial charge < -0.3 is 24.6 Å². The molecular formula is C11H16FN3O7S. The molecule has 0 bridgehead atoms. The second kappa shape index (κ2) is 6.22. The predicted molar refractivity (Wildman–Crippen MR) is 75.7 cm³/mol. The minimum absolute atomic E-state index is 0.0758. The molecule has 0 aliphatic carbocycles. The lowest BCUT2D eigenvalue weighted by Gasteiger charge is -2.18. The zero-order valence-electron chi connectivity index (χ0n) is 12.2. The van der Waals surface area contributed by atoms with Crippen molar-refractivity contribution in [3.05, 3.63) is 32.9 Å². The highest BCUT2D eigenvalue weighted by Crippen LogP contribution is 2.27. The molecule has 4 atom stereocenters. The van der Waals surface area contributed by atoms with E-state index in [0.29, 0.717) is 10.8 Å². The second-order valence-electron chi connectivity index (χ2n) is 5.28. The van der Waals surface area contributed by atoms with Crippen LogP contribution in [0.25, 0.3) is 0 Å². The quantitative estimate of drug-likeness (QED) is 0.499. The second-order valence-corrected chi connectivity index (χ2v) is 7.80. The zero-order valence-corrected chi connectivity index (χ0v) is 13.0. The maximum Gasteiger partial charge on any atom is 0.357 e. The lowest BCUT2D eigenvalue weighted by molar-refractivity contribution is -0.0559. The summed E-state index contributed by atoms with van der Waals surface area (Å²) in [6.45, 7) is -0.645. The molecule has 2 heterocycles. The summed E-state index contributed by atoms with van der Waals surface area (Å²) in [6, 6.07) is 0. The van der Waals surface area contributed by atoms with Crippen molar-refractivity contribution in [3.8, 4) is 0 Å². The van der Waals surface area contributed by atoms with Crippen LogP contribution in [0, 0.1) is 5.82 Å². The number of aromatic nitrogens is 2. The van der Waals surface area contributed by atoms with Crippen LogP contribution in [0.15, 0.2) is 20.3 Å². The number of nitrogens with zero attached hydrogens (tertiary/aromatic N) is 3. The highest BCUT2D eigenvalue weighted by molar-refractivity contribution is 7.98. The van der Waals surface area contributed by atoms with Gasteiger partial charge in [0.15, 0.2) is 6.23 Å². The molecule has 1 aromatic heterocycles. The molecule has 1 aromatic rings. The summed E-state index contributed by atoms with van der Waals surface area (Å²) in [7, 11) is -2.95. The minimum atomic E-state index is -2.95. The van der Waals surface area contributed by atoms with Crippen LogP contribution in [0.2, 0.25) is 0 Å². The number of ether oxygens (including phenoxy) is 1. The summed E-state index contributed by atoms with van der Waals surface area (Å²) in [5.74, 6) is -1.39. The fraction of sp³-hybridized carbons (Fsp3) is 0.636. The zero-order chi connectivity index (χ0) is 17.5. The lowest BCUT2D eigenvalue weighted by atomic mass is 10.1. The van der Waals surface area contributed by atoms with E-state index >= 15 is 0 Å². The molecule has 1 aliphatic heterocycles. The smallest absolute Gasteiger partial charge is 0.357 e. The predicted octanol–water partition coefficient (Wildman–Crippen LogP) is -2.75. The van der Waals surface area contributed by atoms with Gasteiger partial charge in [0.05, 0.1) is 25.3 Å². The lowest BCUT2D eigenvalue weighted by Crippen LogP contribution is -2.43. The van der Waals surface area contributed by atoms with Gasteiger partial charge in [-0.3, -0.25) is 9.36 Å². The van der Waals surface area contributed by atoms with Crippen molar-refractivity contribution in [3.63, 3.8) is 0 Å². The summed E-state index contributed by atoms with van der Waals surface area (Å²) in [4.78, 5) is 23.9. The molecule has 12 heteroatoms. The normalized spacial score (nSPS) is 28.1. The molecule has 2 rings (SSSR count). The summed E-state index contributed by atoms with van der Waals surface area (Å²) in [5, 5.41) is 28.6. The van der Waals surface area contributed by atoms with Gasteiger partial charge in [-0.05, 0) is 4.47 Å². The van der Waals surface area contributed by atoms with Crippen LogP contribution < -0.4 is 11.2 Å². The Bertz CT molecular complexity index is 762. The van der Waals surface area contributed by atoms with Gasteiger partial charge in [-0.1, -0.05) is 10.1 Å². The Morgan fingerprint density at radius 1 is 1.39 bits per heavy atom. The number of aliphatic hydroxyl groups excluding tert-OH is 3. The average Bonchev–Trinajstić information content (AvgIpc) is 2.74. The Hall–Kier alpha value is -1.44. The molecule has 10 nitrogen and oxygen atoms in total. The van der Waals surface area contributed by atoms with E-state index in [4.69, 9.17) is 9.84 Å². The van der Waals surface area contributed by atoms with E-state index in [2.05, 4.69) is 4.47 Å². The standard InChI is InChI=1S/C11H16FN3O7S/c1-23(2,21)13-15-9(19)5(12)3-14(11(15)20)10-8(18)7(17)6(4-16)22-10/h3,6-8,10,16-18H,4H2,1-2H3/t6-,7-,8-,10-/m1/s1. The molecular weight excluding hydrogens is 337 g/mol. The molecule has 130 valence electrons. The summed E-state index contributed by atoms with van der Waals surface area (Å²) < 4.78 is 34.5. The summed E-state index contributed by atoms with van der Waals surface area (Å²) >= 11 is 0. The van der Waals surface area contributed by atoms with Gasteiger partial charge in [0, 0.05) is 0 Å². The fourth-order valence-corrected chi connectivity index (χ4v) is 2.63.